The van der Waals surface area contributed by atoms with Crippen LogP contribution in [0.4, 0.5) is 13.2 Å². The molecule has 0 unspecified atom stereocenters. The summed E-state index contributed by atoms with van der Waals surface area (Å²) in [4.78, 5) is 16.6. The highest BCUT2D eigenvalue weighted by Crippen LogP contribution is 2.48. The van der Waals surface area contributed by atoms with E-state index in [0.29, 0.717) is 23.9 Å². The fraction of sp³-hybridized carbons (Fsp3) is 0.556. The second kappa shape index (κ2) is 10.7. The Balaban J connectivity index is 0.00000392. The van der Waals surface area contributed by atoms with Crippen LogP contribution in [-0.4, -0.2) is 56.2 Å². The zero-order chi connectivity index (χ0) is 20.1. The van der Waals surface area contributed by atoms with Gasteiger partial charge in [-0.25, -0.2) is 4.99 Å². The third-order valence-corrected chi connectivity index (χ3v) is 4.94. The normalized spacial score (nSPS) is 15.4. The molecule has 1 saturated carbocycles. The lowest BCUT2D eigenvalue weighted by Gasteiger charge is -2.20. The van der Waals surface area contributed by atoms with Gasteiger partial charge in [0.05, 0.1) is 0 Å². The summed E-state index contributed by atoms with van der Waals surface area (Å²) < 4.78 is 38.1. The monoisotopic (exact) mass is 576 g/mol. The van der Waals surface area contributed by atoms with Crippen LogP contribution in [0.25, 0.3) is 0 Å². The van der Waals surface area contributed by atoms with Crippen molar-refractivity contribution in [3.05, 3.63) is 34.3 Å². The average molecular weight is 577 g/mol. The highest BCUT2D eigenvalue weighted by molar-refractivity contribution is 14.0. The van der Waals surface area contributed by atoms with Crippen molar-refractivity contribution in [1.82, 2.24) is 15.5 Å². The van der Waals surface area contributed by atoms with Crippen molar-refractivity contribution >= 4 is 51.8 Å². The van der Waals surface area contributed by atoms with Crippen molar-refractivity contribution < 1.29 is 18.0 Å². The standard InChI is InChI=1S/C18H24BrF3N4O.HI/c1-3-23-16(24-10-15(27)26(2)12-18(20,21)22)25-11-17(7-8-17)13-5-4-6-14(19)9-13;/h4-6,9H,3,7-8,10-12H2,1-2H3,(H2,23,24,25);1H. The van der Waals surface area contributed by atoms with Crippen molar-refractivity contribution in [2.45, 2.75) is 31.4 Å². The van der Waals surface area contributed by atoms with Gasteiger partial charge in [0.25, 0.3) is 0 Å². The number of halogens is 5. The van der Waals surface area contributed by atoms with Gasteiger partial charge in [-0.2, -0.15) is 13.2 Å². The van der Waals surface area contributed by atoms with Crippen molar-refractivity contribution in [1.29, 1.82) is 0 Å². The van der Waals surface area contributed by atoms with Gasteiger partial charge >= 0.3 is 6.18 Å². The number of carbonyl (C=O) groups is 1. The fourth-order valence-corrected chi connectivity index (χ4v) is 3.16. The largest absolute Gasteiger partial charge is 0.406 e. The highest BCUT2D eigenvalue weighted by atomic mass is 127. The van der Waals surface area contributed by atoms with E-state index in [1.54, 1.807) is 0 Å². The molecule has 28 heavy (non-hydrogen) atoms. The predicted molar refractivity (Wildman–Crippen MR) is 118 cm³/mol. The molecule has 2 rings (SSSR count). The molecule has 10 heteroatoms. The van der Waals surface area contributed by atoms with Crippen LogP contribution in [0.3, 0.4) is 0 Å². The van der Waals surface area contributed by atoms with Crippen LogP contribution in [0.2, 0.25) is 0 Å². The molecule has 0 saturated heterocycles. The van der Waals surface area contributed by atoms with Gasteiger partial charge in [-0.1, -0.05) is 28.1 Å². The van der Waals surface area contributed by atoms with Gasteiger partial charge in [0.1, 0.15) is 13.1 Å². The van der Waals surface area contributed by atoms with Crippen LogP contribution in [0, 0.1) is 0 Å². The van der Waals surface area contributed by atoms with Crippen LogP contribution >= 0.6 is 39.9 Å². The van der Waals surface area contributed by atoms with Crippen LogP contribution in [0.15, 0.2) is 33.7 Å². The maximum absolute atomic E-state index is 12.4. The van der Waals surface area contributed by atoms with E-state index in [9.17, 15) is 18.0 Å². The summed E-state index contributed by atoms with van der Waals surface area (Å²) in [6.45, 7) is 1.49. The number of amides is 1. The SMILES string of the molecule is CCNC(=NCC(=O)N(C)CC(F)(F)F)NCC1(c2cccc(Br)c2)CC1.I. The van der Waals surface area contributed by atoms with E-state index in [0.717, 1.165) is 24.4 Å². The van der Waals surface area contributed by atoms with E-state index in [2.05, 4.69) is 43.7 Å². The Morgan fingerprint density at radius 2 is 2.00 bits per heavy atom. The average Bonchev–Trinajstić information content (AvgIpc) is 3.37. The topological polar surface area (TPSA) is 56.7 Å². The molecule has 5 nitrogen and oxygen atoms in total. The number of benzene rings is 1. The molecule has 1 aromatic rings. The van der Waals surface area contributed by atoms with E-state index < -0.39 is 18.6 Å². The molecule has 1 amide bonds. The number of nitrogens with zero attached hydrogens (tertiary/aromatic N) is 2. The number of rotatable bonds is 7. The summed E-state index contributed by atoms with van der Waals surface area (Å²) in [5.41, 5.74) is 1.25. The molecule has 158 valence electrons. The van der Waals surface area contributed by atoms with Crippen LogP contribution in [0.1, 0.15) is 25.3 Å². The number of alkyl halides is 3. The lowest BCUT2D eigenvalue weighted by atomic mass is 9.96. The Kier molecular flexibility index (Phi) is 9.51. The van der Waals surface area contributed by atoms with E-state index in [1.165, 1.54) is 5.56 Å². The summed E-state index contributed by atoms with van der Waals surface area (Å²) in [6.07, 6.45) is -2.33. The lowest BCUT2D eigenvalue weighted by molar-refractivity contribution is -0.157. The van der Waals surface area contributed by atoms with Crippen molar-refractivity contribution in [2.75, 3.05) is 33.2 Å². The minimum Gasteiger partial charge on any atom is -0.357 e. The van der Waals surface area contributed by atoms with Gasteiger partial charge in [0.15, 0.2) is 5.96 Å². The van der Waals surface area contributed by atoms with Crippen molar-refractivity contribution in [3.63, 3.8) is 0 Å². The first-order valence-electron chi connectivity index (χ1n) is 8.74. The Morgan fingerprint density at radius 3 is 2.54 bits per heavy atom. The molecule has 1 aromatic carbocycles. The van der Waals surface area contributed by atoms with Crippen LogP contribution < -0.4 is 10.6 Å². The summed E-state index contributed by atoms with van der Waals surface area (Å²) in [6, 6.07) is 8.14. The van der Waals surface area contributed by atoms with Crippen LogP contribution in [0.5, 0.6) is 0 Å². The zero-order valence-corrected chi connectivity index (χ0v) is 19.7. The molecular weight excluding hydrogens is 552 g/mol. The van der Waals surface area contributed by atoms with E-state index in [1.807, 2.05) is 19.1 Å². The van der Waals surface area contributed by atoms with E-state index >= 15 is 0 Å². The third kappa shape index (κ3) is 7.76. The number of aliphatic imine (C=N–C) groups is 1. The zero-order valence-electron chi connectivity index (χ0n) is 15.8. The first kappa shape index (κ1) is 25.0. The number of carbonyl (C=O) groups excluding carboxylic acids is 1. The van der Waals surface area contributed by atoms with E-state index in [4.69, 9.17) is 0 Å². The molecule has 0 radical (unpaired) electrons. The first-order valence-corrected chi connectivity index (χ1v) is 9.53. The maximum atomic E-state index is 12.4. The molecular formula is C18H25BrF3IN4O. The number of nitrogens with one attached hydrogen (secondary N) is 2. The highest BCUT2D eigenvalue weighted by Gasteiger charge is 2.44. The molecule has 1 fully saturated rings. The Hall–Kier alpha value is -1.04. The number of likely N-dealkylation sites (N-methyl/N-ethyl adjacent to an activating group) is 1. The Bertz CT molecular complexity index is 696. The van der Waals surface area contributed by atoms with E-state index in [-0.39, 0.29) is 35.9 Å². The molecule has 0 aliphatic heterocycles. The number of hydrogen-bond acceptors (Lipinski definition) is 2. The maximum Gasteiger partial charge on any atom is 0.406 e. The van der Waals surface area contributed by atoms with Crippen LogP contribution in [-0.2, 0) is 10.2 Å². The molecule has 0 atom stereocenters. The minimum atomic E-state index is -4.42. The second-order valence-corrected chi connectivity index (χ2v) is 7.62. The molecule has 1 aliphatic carbocycles. The molecule has 1 aliphatic rings. The van der Waals surface area contributed by atoms with Gasteiger partial charge in [0, 0.05) is 30.0 Å². The molecule has 2 N–H and O–H groups in total. The summed E-state index contributed by atoms with van der Waals surface area (Å²) >= 11 is 3.48. The van der Waals surface area contributed by atoms with Gasteiger partial charge in [0.2, 0.25) is 5.91 Å². The van der Waals surface area contributed by atoms with Crippen molar-refractivity contribution in [2.24, 2.45) is 4.99 Å². The second-order valence-electron chi connectivity index (χ2n) is 6.70. The van der Waals surface area contributed by atoms with Crippen molar-refractivity contribution in [3.8, 4) is 0 Å². The third-order valence-electron chi connectivity index (χ3n) is 4.44. The number of guanidine groups is 1. The lowest BCUT2D eigenvalue weighted by Crippen LogP contribution is -2.42. The fourth-order valence-electron chi connectivity index (χ4n) is 2.76. The van der Waals surface area contributed by atoms with Gasteiger partial charge in [-0.3, -0.25) is 4.79 Å². The molecule has 0 heterocycles. The Labute approximate surface area is 188 Å². The number of hydrogen-bond donors (Lipinski definition) is 2. The summed E-state index contributed by atoms with van der Waals surface area (Å²) in [5.74, 6) is -0.259. The van der Waals surface area contributed by atoms with Gasteiger partial charge in [-0.15, -0.1) is 24.0 Å². The predicted octanol–water partition coefficient (Wildman–Crippen LogP) is 3.67. The summed E-state index contributed by atoms with van der Waals surface area (Å²) in [7, 11) is 1.12. The van der Waals surface area contributed by atoms with Gasteiger partial charge < -0.3 is 15.5 Å². The quantitative estimate of drug-likeness (QED) is 0.296. The Morgan fingerprint density at radius 1 is 1.32 bits per heavy atom. The minimum absolute atomic E-state index is 0. The molecule has 0 spiro atoms. The molecule has 0 bridgehead atoms. The van der Waals surface area contributed by atoms with Gasteiger partial charge in [-0.05, 0) is 37.5 Å². The molecule has 0 aromatic heterocycles. The first-order chi connectivity index (χ1) is 12.6. The smallest absolute Gasteiger partial charge is 0.357 e. The summed E-state index contributed by atoms with van der Waals surface area (Å²) in [5, 5.41) is 6.24.